The largest absolute Gasteiger partial charge is 0.495 e. The van der Waals surface area contributed by atoms with Gasteiger partial charge in [0.2, 0.25) is 0 Å². The third kappa shape index (κ3) is 5.86. The second-order valence-electron chi connectivity index (χ2n) is 7.29. The molecule has 4 rings (SSSR count). The van der Waals surface area contributed by atoms with Crippen LogP contribution in [0.5, 0.6) is 17.2 Å². The van der Waals surface area contributed by atoms with Crippen LogP contribution in [-0.4, -0.2) is 24.4 Å². The van der Waals surface area contributed by atoms with Crippen LogP contribution in [0.3, 0.4) is 0 Å². The molecule has 0 saturated carbocycles. The summed E-state index contributed by atoms with van der Waals surface area (Å²) in [5.74, 6) is 1.41. The van der Waals surface area contributed by atoms with Crippen molar-refractivity contribution in [1.82, 2.24) is 0 Å². The summed E-state index contributed by atoms with van der Waals surface area (Å²) in [6.45, 7) is 0.380. The highest BCUT2D eigenvalue weighted by Crippen LogP contribution is 2.41. The lowest BCUT2D eigenvalue weighted by Crippen LogP contribution is -2.27. The first kappa shape index (κ1) is 26.0. The summed E-state index contributed by atoms with van der Waals surface area (Å²) in [5, 5.41) is 0.399. The first-order valence-corrected chi connectivity index (χ1v) is 13.4. The number of carbonyl (C=O) groups excluding carboxylic acids is 1. The minimum atomic E-state index is -0.230. The minimum absolute atomic E-state index is 0.230. The van der Waals surface area contributed by atoms with Crippen molar-refractivity contribution in [2.24, 2.45) is 0 Å². The molecule has 35 heavy (non-hydrogen) atoms. The van der Waals surface area contributed by atoms with Crippen LogP contribution >= 0.6 is 67.4 Å². The Morgan fingerprint density at radius 3 is 2.40 bits per heavy atom. The number of halogens is 3. The SMILES string of the molecule is COc1ccc(N2C(=O)/C(=C\c3cc(Br)c(OCc4ccc(Br)cc4)c(OC)c3)SC2=S)cc1Cl. The van der Waals surface area contributed by atoms with Crippen molar-refractivity contribution in [3.8, 4) is 17.2 Å². The molecule has 0 aliphatic carbocycles. The number of carbonyl (C=O) groups is 1. The van der Waals surface area contributed by atoms with Gasteiger partial charge in [-0.15, -0.1) is 0 Å². The molecule has 0 spiro atoms. The molecule has 0 N–H and O–H groups in total. The molecule has 0 atom stereocenters. The number of benzene rings is 3. The number of amides is 1. The summed E-state index contributed by atoms with van der Waals surface area (Å²) >= 11 is 20.0. The van der Waals surface area contributed by atoms with E-state index in [9.17, 15) is 4.79 Å². The van der Waals surface area contributed by atoms with Gasteiger partial charge in [0.15, 0.2) is 15.8 Å². The summed E-state index contributed by atoms with van der Waals surface area (Å²) in [4.78, 5) is 15.1. The molecule has 0 radical (unpaired) electrons. The maximum Gasteiger partial charge on any atom is 0.270 e. The van der Waals surface area contributed by atoms with E-state index < -0.39 is 0 Å². The van der Waals surface area contributed by atoms with E-state index in [0.29, 0.717) is 48.3 Å². The van der Waals surface area contributed by atoms with Gasteiger partial charge in [-0.05, 0) is 75.6 Å². The van der Waals surface area contributed by atoms with E-state index in [1.165, 1.54) is 23.8 Å². The smallest absolute Gasteiger partial charge is 0.270 e. The Morgan fingerprint density at radius 2 is 1.74 bits per heavy atom. The lowest BCUT2D eigenvalue weighted by Gasteiger charge is -2.16. The number of methoxy groups -OCH3 is 2. The van der Waals surface area contributed by atoms with E-state index in [-0.39, 0.29) is 5.91 Å². The van der Waals surface area contributed by atoms with Gasteiger partial charge in [0.05, 0.1) is 34.3 Å². The summed E-state index contributed by atoms with van der Waals surface area (Å²) in [7, 11) is 3.11. The molecule has 1 amide bonds. The number of ether oxygens (including phenoxy) is 3. The topological polar surface area (TPSA) is 48.0 Å². The molecule has 1 heterocycles. The molecular weight excluding hydrogens is 638 g/mol. The lowest BCUT2D eigenvalue weighted by atomic mass is 10.1. The van der Waals surface area contributed by atoms with Gasteiger partial charge < -0.3 is 14.2 Å². The van der Waals surface area contributed by atoms with Crippen molar-refractivity contribution in [2.75, 3.05) is 19.1 Å². The van der Waals surface area contributed by atoms with Crippen molar-refractivity contribution >= 4 is 89.4 Å². The first-order chi connectivity index (χ1) is 16.8. The van der Waals surface area contributed by atoms with Crippen molar-refractivity contribution < 1.29 is 19.0 Å². The van der Waals surface area contributed by atoms with E-state index in [4.69, 9.17) is 38.0 Å². The fraction of sp³-hybridized carbons (Fsp3) is 0.120. The predicted molar refractivity (Wildman–Crippen MR) is 153 cm³/mol. The van der Waals surface area contributed by atoms with Crippen LogP contribution in [0.25, 0.3) is 6.08 Å². The molecule has 0 bridgehead atoms. The highest BCUT2D eigenvalue weighted by molar-refractivity contribution is 9.10. The Labute approximate surface area is 234 Å². The molecule has 1 fully saturated rings. The van der Waals surface area contributed by atoms with Crippen molar-refractivity contribution in [1.29, 1.82) is 0 Å². The molecule has 3 aromatic rings. The number of hydrogen-bond acceptors (Lipinski definition) is 6. The van der Waals surface area contributed by atoms with Crippen LogP contribution in [0.4, 0.5) is 5.69 Å². The number of thioether (sulfide) groups is 1. The zero-order valence-corrected chi connectivity index (χ0v) is 24.1. The van der Waals surface area contributed by atoms with E-state index in [0.717, 1.165) is 15.6 Å². The number of rotatable bonds is 7. The van der Waals surface area contributed by atoms with Gasteiger partial charge >= 0.3 is 0 Å². The zero-order chi connectivity index (χ0) is 25.1. The zero-order valence-electron chi connectivity index (χ0n) is 18.5. The Kier molecular flexibility index (Phi) is 8.44. The number of nitrogens with zero attached hydrogens (tertiary/aromatic N) is 1. The van der Waals surface area contributed by atoms with Crippen LogP contribution in [0, 0.1) is 0 Å². The summed E-state index contributed by atoms with van der Waals surface area (Å²) in [6, 6.07) is 16.7. The fourth-order valence-corrected chi connectivity index (χ4v) is 5.72. The molecule has 0 unspecified atom stereocenters. The van der Waals surface area contributed by atoms with Crippen LogP contribution in [0.2, 0.25) is 5.02 Å². The monoisotopic (exact) mass is 653 g/mol. The van der Waals surface area contributed by atoms with E-state index >= 15 is 0 Å². The Hall–Kier alpha value is -2.04. The summed E-state index contributed by atoms with van der Waals surface area (Å²) in [5.41, 5.74) is 2.36. The molecule has 1 aliphatic rings. The molecule has 0 aromatic heterocycles. The standard InChI is InChI=1S/C25H18Br2ClNO4S2/c1-31-20-8-7-17(12-19(20)28)29-24(30)22(35-25(29)34)11-15-9-18(27)23(21(10-15)32-2)33-13-14-3-5-16(26)6-4-14/h3-12H,13H2,1-2H3/b22-11+. The first-order valence-electron chi connectivity index (χ1n) is 10.2. The van der Waals surface area contributed by atoms with E-state index in [1.807, 2.05) is 36.4 Å². The van der Waals surface area contributed by atoms with E-state index in [2.05, 4.69) is 31.9 Å². The minimum Gasteiger partial charge on any atom is -0.495 e. The predicted octanol–water partition coefficient (Wildman–Crippen LogP) is 7.87. The average Bonchev–Trinajstić information content (AvgIpc) is 3.11. The third-order valence-corrected chi connectivity index (χ3v) is 7.75. The lowest BCUT2D eigenvalue weighted by molar-refractivity contribution is -0.113. The Bertz CT molecular complexity index is 1330. The molecule has 5 nitrogen and oxygen atoms in total. The van der Waals surface area contributed by atoms with Crippen molar-refractivity contribution in [3.63, 3.8) is 0 Å². The van der Waals surface area contributed by atoms with E-state index in [1.54, 1.807) is 31.4 Å². The van der Waals surface area contributed by atoms with Crippen LogP contribution in [0.15, 0.2) is 68.4 Å². The maximum atomic E-state index is 13.2. The third-order valence-electron chi connectivity index (χ3n) is 5.03. The van der Waals surface area contributed by atoms with Crippen molar-refractivity contribution in [3.05, 3.63) is 84.6 Å². The Balaban J connectivity index is 1.57. The Morgan fingerprint density at radius 1 is 1.03 bits per heavy atom. The highest BCUT2D eigenvalue weighted by atomic mass is 79.9. The average molecular weight is 656 g/mol. The van der Waals surface area contributed by atoms with Gasteiger partial charge in [-0.25, -0.2) is 0 Å². The van der Waals surface area contributed by atoms with Crippen LogP contribution < -0.4 is 19.1 Å². The van der Waals surface area contributed by atoms with Gasteiger partial charge in [0.1, 0.15) is 12.4 Å². The molecular formula is C25H18Br2ClNO4S2. The molecule has 3 aromatic carbocycles. The second-order valence-corrected chi connectivity index (χ2v) is 11.1. The van der Waals surface area contributed by atoms with Crippen LogP contribution in [0.1, 0.15) is 11.1 Å². The molecule has 10 heteroatoms. The summed E-state index contributed by atoms with van der Waals surface area (Å²) < 4.78 is 18.9. The number of hydrogen-bond donors (Lipinski definition) is 0. The highest BCUT2D eigenvalue weighted by Gasteiger charge is 2.33. The fourth-order valence-electron chi connectivity index (χ4n) is 3.34. The normalized spacial score (nSPS) is 14.5. The number of anilines is 1. The van der Waals surface area contributed by atoms with Crippen molar-refractivity contribution in [2.45, 2.75) is 6.61 Å². The second kappa shape index (κ2) is 11.3. The molecule has 180 valence electrons. The van der Waals surface area contributed by atoms with Gasteiger partial charge in [-0.3, -0.25) is 9.69 Å². The van der Waals surface area contributed by atoms with Crippen LogP contribution in [-0.2, 0) is 11.4 Å². The molecule has 1 aliphatic heterocycles. The van der Waals surface area contributed by atoms with Gasteiger partial charge in [-0.1, -0.05) is 63.6 Å². The quantitative estimate of drug-likeness (QED) is 0.191. The summed E-state index contributed by atoms with van der Waals surface area (Å²) in [6.07, 6.45) is 1.77. The van der Waals surface area contributed by atoms with Gasteiger partial charge in [-0.2, -0.15) is 0 Å². The molecule has 1 saturated heterocycles. The maximum absolute atomic E-state index is 13.2. The number of thiocarbonyl (C=S) groups is 1. The van der Waals surface area contributed by atoms with Gasteiger partial charge in [0.25, 0.3) is 5.91 Å². The van der Waals surface area contributed by atoms with Gasteiger partial charge in [0, 0.05) is 4.47 Å².